The lowest BCUT2D eigenvalue weighted by Crippen LogP contribution is -2.72. The summed E-state index contributed by atoms with van der Waals surface area (Å²) in [7, 11) is 0. The van der Waals surface area contributed by atoms with E-state index in [1.165, 1.54) is 0 Å². The van der Waals surface area contributed by atoms with E-state index in [9.17, 15) is 9.59 Å². The number of ether oxygens (including phenoxy) is 3. The van der Waals surface area contributed by atoms with Crippen LogP contribution in [-0.4, -0.2) is 59.7 Å². The van der Waals surface area contributed by atoms with Gasteiger partial charge in [0.25, 0.3) is 0 Å². The number of nitrogens with one attached hydrogen (secondary N) is 2. The van der Waals surface area contributed by atoms with E-state index in [0.29, 0.717) is 19.6 Å². The van der Waals surface area contributed by atoms with Crippen LogP contribution in [0.15, 0.2) is 24.3 Å². The summed E-state index contributed by atoms with van der Waals surface area (Å²) in [6, 6.07) is 7.24. The highest BCUT2D eigenvalue weighted by atomic mass is 16.6. The van der Waals surface area contributed by atoms with Gasteiger partial charge in [-0.3, -0.25) is 10.1 Å². The smallest absolute Gasteiger partial charge is 0.407 e. The molecule has 0 saturated carbocycles. The monoisotopic (exact) mass is 422 g/mol. The molecule has 168 valence electrons. The number of amides is 1. The minimum atomic E-state index is -0.971. The highest BCUT2D eigenvalue weighted by molar-refractivity contribution is 5.70. The van der Waals surface area contributed by atoms with E-state index in [-0.39, 0.29) is 12.1 Å². The Bertz CT molecular complexity index is 729. The first kappa shape index (κ1) is 24.0. The van der Waals surface area contributed by atoms with Gasteiger partial charge in [0.05, 0.1) is 31.3 Å². The average Bonchev–Trinajstić information content (AvgIpc) is 2.52. The second kappa shape index (κ2) is 9.22. The number of benzene rings is 1. The normalized spacial score (nSPS) is 16.9. The van der Waals surface area contributed by atoms with Crippen LogP contribution in [0.3, 0.4) is 0 Å². The largest absolute Gasteiger partial charge is 0.488 e. The van der Waals surface area contributed by atoms with Crippen LogP contribution in [0, 0.1) is 0 Å². The molecular weight excluding hydrogens is 388 g/mol. The van der Waals surface area contributed by atoms with Gasteiger partial charge < -0.3 is 24.6 Å². The van der Waals surface area contributed by atoms with Crippen LogP contribution in [0.5, 0.6) is 5.75 Å². The van der Waals surface area contributed by atoms with E-state index in [1.54, 1.807) is 20.8 Å². The van der Waals surface area contributed by atoms with Crippen LogP contribution in [0.2, 0.25) is 0 Å². The van der Waals surface area contributed by atoms with Crippen LogP contribution < -0.4 is 15.4 Å². The fourth-order valence-corrected chi connectivity index (χ4v) is 3.12. The number of alkyl carbamates (subject to hydrolysis) is 1. The highest BCUT2D eigenvalue weighted by Crippen LogP contribution is 2.26. The maximum atomic E-state index is 12.5. The molecule has 1 unspecified atom stereocenters. The van der Waals surface area contributed by atoms with Gasteiger partial charge in [0.1, 0.15) is 17.0 Å². The molecule has 1 aliphatic heterocycles. The number of carboxylic acid groups (broad SMARTS) is 1. The van der Waals surface area contributed by atoms with Crippen molar-refractivity contribution >= 4 is 12.1 Å². The zero-order valence-electron chi connectivity index (χ0n) is 18.7. The maximum absolute atomic E-state index is 12.5. The van der Waals surface area contributed by atoms with Gasteiger partial charge in [-0.25, -0.2) is 4.79 Å². The molecule has 2 rings (SSSR count). The molecule has 1 fully saturated rings. The topological polar surface area (TPSA) is 106 Å². The van der Waals surface area contributed by atoms with E-state index in [0.717, 1.165) is 11.3 Å². The molecule has 0 aromatic heterocycles. The molecule has 1 saturated heterocycles. The van der Waals surface area contributed by atoms with Crippen molar-refractivity contribution in [1.82, 2.24) is 10.6 Å². The summed E-state index contributed by atoms with van der Waals surface area (Å²) in [5.41, 5.74) is -0.648. The van der Waals surface area contributed by atoms with Gasteiger partial charge in [-0.2, -0.15) is 0 Å². The van der Waals surface area contributed by atoms with Gasteiger partial charge >= 0.3 is 12.1 Å². The Kier molecular flexibility index (Phi) is 7.36. The lowest BCUT2D eigenvalue weighted by atomic mass is 9.83. The standard InChI is InChI=1S/C22H34N2O6/c1-20(2,3)29-16-9-7-15(8-10-16)11-17(24-19(27)30-21(4,5)6)22(13-28-14-22)23-12-18(25)26/h7-10,17,23H,11-14H2,1-6H3,(H,24,27)(H,25,26). The fraction of sp³-hybridized carbons (Fsp3) is 0.636. The first-order chi connectivity index (χ1) is 13.8. The predicted molar refractivity (Wildman–Crippen MR) is 113 cm³/mol. The molecule has 30 heavy (non-hydrogen) atoms. The molecule has 1 aliphatic rings. The molecular formula is C22H34N2O6. The number of hydrogen-bond donors (Lipinski definition) is 3. The third-order valence-electron chi connectivity index (χ3n) is 4.46. The van der Waals surface area contributed by atoms with Gasteiger partial charge in [0.2, 0.25) is 0 Å². The third kappa shape index (κ3) is 7.50. The van der Waals surface area contributed by atoms with Crippen molar-refractivity contribution in [2.75, 3.05) is 19.8 Å². The van der Waals surface area contributed by atoms with Crippen LogP contribution in [0.25, 0.3) is 0 Å². The maximum Gasteiger partial charge on any atom is 0.407 e. The second-order valence-electron chi connectivity index (χ2n) is 9.66. The Hall–Kier alpha value is -2.32. The molecule has 1 heterocycles. The predicted octanol–water partition coefficient (Wildman–Crippen LogP) is 2.74. The number of carbonyl (C=O) groups is 2. The number of rotatable bonds is 8. The van der Waals surface area contributed by atoms with Crippen LogP contribution in [-0.2, 0) is 20.7 Å². The van der Waals surface area contributed by atoms with Crippen molar-refractivity contribution < 1.29 is 28.9 Å². The summed E-state index contributed by atoms with van der Waals surface area (Å²) in [6.07, 6.45) is -0.0750. The summed E-state index contributed by atoms with van der Waals surface area (Å²) in [5.74, 6) is -0.213. The quantitative estimate of drug-likeness (QED) is 0.591. The van der Waals surface area contributed by atoms with E-state index in [2.05, 4.69) is 10.6 Å². The Morgan fingerprint density at radius 3 is 2.13 bits per heavy atom. The lowest BCUT2D eigenvalue weighted by Gasteiger charge is -2.47. The summed E-state index contributed by atoms with van der Waals surface area (Å²) < 4.78 is 16.7. The molecule has 0 aliphatic carbocycles. The van der Waals surface area contributed by atoms with Gasteiger partial charge in [-0.15, -0.1) is 0 Å². The molecule has 8 nitrogen and oxygen atoms in total. The molecule has 8 heteroatoms. The summed E-state index contributed by atoms with van der Waals surface area (Å²) >= 11 is 0. The Morgan fingerprint density at radius 1 is 1.10 bits per heavy atom. The minimum Gasteiger partial charge on any atom is -0.488 e. The van der Waals surface area contributed by atoms with Crippen LogP contribution in [0.1, 0.15) is 47.1 Å². The molecule has 1 aromatic carbocycles. The zero-order valence-corrected chi connectivity index (χ0v) is 18.7. The molecule has 1 aromatic rings. The van der Waals surface area contributed by atoms with Gasteiger partial charge in [0, 0.05) is 0 Å². The summed E-state index contributed by atoms with van der Waals surface area (Å²) in [5, 5.41) is 15.1. The first-order valence-corrected chi connectivity index (χ1v) is 10.1. The first-order valence-electron chi connectivity index (χ1n) is 10.1. The van der Waals surface area contributed by atoms with Crippen molar-refractivity contribution in [2.45, 2.75) is 70.7 Å². The number of carboxylic acids is 1. The minimum absolute atomic E-state index is 0.228. The van der Waals surface area contributed by atoms with Crippen LogP contribution >= 0.6 is 0 Å². The highest BCUT2D eigenvalue weighted by Gasteiger charge is 2.47. The van der Waals surface area contributed by atoms with Crippen molar-refractivity contribution in [2.24, 2.45) is 0 Å². The summed E-state index contributed by atoms with van der Waals surface area (Å²) in [4.78, 5) is 23.6. The van der Waals surface area contributed by atoms with E-state index in [4.69, 9.17) is 19.3 Å². The number of hydrogen-bond acceptors (Lipinski definition) is 6. The van der Waals surface area contributed by atoms with Crippen molar-refractivity contribution in [1.29, 1.82) is 0 Å². The second-order valence-corrected chi connectivity index (χ2v) is 9.66. The molecule has 0 bridgehead atoms. The number of carbonyl (C=O) groups excluding carboxylic acids is 1. The third-order valence-corrected chi connectivity index (χ3v) is 4.46. The Balaban J connectivity index is 2.18. The van der Waals surface area contributed by atoms with E-state index >= 15 is 0 Å². The van der Waals surface area contributed by atoms with Gasteiger partial charge in [-0.1, -0.05) is 12.1 Å². The molecule has 1 atom stereocenters. The van der Waals surface area contributed by atoms with Crippen LogP contribution in [0.4, 0.5) is 4.79 Å². The Morgan fingerprint density at radius 2 is 1.70 bits per heavy atom. The molecule has 0 spiro atoms. The Labute approximate surface area is 178 Å². The van der Waals surface area contributed by atoms with Gasteiger partial charge in [0.15, 0.2) is 0 Å². The fourth-order valence-electron chi connectivity index (χ4n) is 3.12. The van der Waals surface area contributed by atoms with E-state index in [1.807, 2.05) is 45.0 Å². The lowest BCUT2D eigenvalue weighted by molar-refractivity contribution is -0.139. The average molecular weight is 423 g/mol. The van der Waals surface area contributed by atoms with Crippen molar-refractivity contribution in [3.05, 3.63) is 29.8 Å². The zero-order chi connectivity index (χ0) is 22.6. The SMILES string of the molecule is CC(C)(C)OC(=O)NC(Cc1ccc(OC(C)(C)C)cc1)C1(NCC(=O)O)COC1. The number of aliphatic carboxylic acids is 1. The van der Waals surface area contributed by atoms with Gasteiger partial charge in [-0.05, 0) is 65.7 Å². The van der Waals surface area contributed by atoms with Crippen molar-refractivity contribution in [3.8, 4) is 5.75 Å². The van der Waals surface area contributed by atoms with E-state index < -0.39 is 29.2 Å². The molecule has 3 N–H and O–H groups in total. The molecule has 0 radical (unpaired) electrons. The summed E-state index contributed by atoms with van der Waals surface area (Å²) in [6.45, 7) is 11.7. The van der Waals surface area contributed by atoms with Crippen molar-refractivity contribution in [3.63, 3.8) is 0 Å². The molecule has 1 amide bonds.